The second-order valence-corrected chi connectivity index (χ2v) is 5.14. The molecule has 7 heteroatoms. The van der Waals surface area contributed by atoms with E-state index in [4.69, 9.17) is 4.74 Å². The summed E-state index contributed by atoms with van der Waals surface area (Å²) in [4.78, 5) is 14.6. The predicted molar refractivity (Wildman–Crippen MR) is 80.0 cm³/mol. The highest BCUT2D eigenvalue weighted by Gasteiger charge is 2.15. The van der Waals surface area contributed by atoms with E-state index in [0.29, 0.717) is 21.5 Å². The fourth-order valence-corrected chi connectivity index (χ4v) is 2.34. The zero-order chi connectivity index (χ0) is 15.4. The van der Waals surface area contributed by atoms with Crippen LogP contribution >= 0.6 is 15.9 Å². The van der Waals surface area contributed by atoms with Crippen LogP contribution in [0.2, 0.25) is 0 Å². The maximum absolute atomic E-state index is 10.9. The second-order valence-electron chi connectivity index (χ2n) is 4.35. The molecule has 0 spiro atoms. The number of ether oxygens (including phenoxy) is 1. The zero-order valence-corrected chi connectivity index (χ0v) is 12.8. The van der Waals surface area contributed by atoms with Gasteiger partial charge in [-0.1, -0.05) is 12.1 Å². The van der Waals surface area contributed by atoms with E-state index in [0.717, 1.165) is 5.69 Å². The summed E-state index contributed by atoms with van der Waals surface area (Å²) < 4.78 is 6.00. The van der Waals surface area contributed by atoms with E-state index in [1.807, 2.05) is 6.92 Å². The normalized spacial score (nSPS) is 10.4. The van der Waals surface area contributed by atoms with Crippen molar-refractivity contribution in [3.05, 3.63) is 61.9 Å². The number of nitro benzene ring substituents is 1. The Bertz CT molecular complexity index is 676. The lowest BCUT2D eigenvalue weighted by Gasteiger charge is -2.11. The van der Waals surface area contributed by atoms with E-state index >= 15 is 0 Å². The number of pyridine rings is 1. The largest absolute Gasteiger partial charge is 0.487 e. The van der Waals surface area contributed by atoms with Gasteiger partial charge in [0.15, 0.2) is 0 Å². The molecule has 0 aliphatic carbocycles. The van der Waals surface area contributed by atoms with Crippen molar-refractivity contribution in [1.82, 2.24) is 4.98 Å². The molecule has 0 bridgehead atoms. The van der Waals surface area contributed by atoms with Gasteiger partial charge in [0.1, 0.15) is 22.5 Å². The predicted octanol–water partition coefficient (Wildman–Crippen LogP) is 3.13. The van der Waals surface area contributed by atoms with Gasteiger partial charge >= 0.3 is 0 Å². The third-order valence-electron chi connectivity index (χ3n) is 2.86. The zero-order valence-electron chi connectivity index (χ0n) is 11.2. The van der Waals surface area contributed by atoms with E-state index in [1.165, 1.54) is 6.07 Å². The number of halogens is 1. The number of nitro groups is 1. The Balaban J connectivity index is 2.21. The summed E-state index contributed by atoms with van der Waals surface area (Å²) in [7, 11) is 0. The van der Waals surface area contributed by atoms with Gasteiger partial charge in [-0.3, -0.25) is 15.1 Å². The van der Waals surface area contributed by atoms with Crippen LogP contribution in [0.5, 0.6) is 5.75 Å². The number of aromatic nitrogens is 1. The van der Waals surface area contributed by atoms with Crippen molar-refractivity contribution in [3.63, 3.8) is 0 Å². The molecule has 1 N–H and O–H groups in total. The summed E-state index contributed by atoms with van der Waals surface area (Å²) in [6.45, 7) is 1.73. The quantitative estimate of drug-likeness (QED) is 0.659. The standard InChI is InChI=1S/C14H13BrN2O4/c1-9-5-6-13(11(7-18)16-9)21-8-10-3-2-4-12(14(10)15)17(19)20/h2-6,18H,7-8H2,1H3. The lowest BCUT2D eigenvalue weighted by molar-refractivity contribution is -0.385. The lowest BCUT2D eigenvalue weighted by atomic mass is 10.2. The van der Waals surface area contributed by atoms with Gasteiger partial charge in [-0.05, 0) is 35.0 Å². The molecule has 1 aromatic carbocycles. The Morgan fingerprint density at radius 3 is 2.81 bits per heavy atom. The molecule has 0 radical (unpaired) electrons. The third kappa shape index (κ3) is 3.56. The average Bonchev–Trinajstić information content (AvgIpc) is 2.46. The molecule has 1 heterocycles. The fourth-order valence-electron chi connectivity index (χ4n) is 1.82. The van der Waals surface area contributed by atoms with Crippen molar-refractivity contribution in [2.75, 3.05) is 0 Å². The first kappa shape index (κ1) is 15.4. The van der Waals surface area contributed by atoms with Crippen molar-refractivity contribution in [3.8, 4) is 5.75 Å². The highest BCUT2D eigenvalue weighted by atomic mass is 79.9. The fraction of sp³-hybridized carbons (Fsp3) is 0.214. The molecule has 6 nitrogen and oxygen atoms in total. The third-order valence-corrected chi connectivity index (χ3v) is 3.78. The molecule has 110 valence electrons. The van der Waals surface area contributed by atoms with Crippen molar-refractivity contribution < 1.29 is 14.8 Å². The minimum Gasteiger partial charge on any atom is -0.487 e. The first-order valence-corrected chi connectivity index (χ1v) is 6.94. The maximum atomic E-state index is 10.9. The van der Waals surface area contributed by atoms with Crippen LogP contribution in [0.1, 0.15) is 17.0 Å². The number of rotatable bonds is 5. The van der Waals surface area contributed by atoms with Crippen LogP contribution in [0.15, 0.2) is 34.8 Å². The van der Waals surface area contributed by atoms with Crippen LogP contribution in [0, 0.1) is 17.0 Å². The van der Waals surface area contributed by atoms with Gasteiger partial charge in [0.05, 0.1) is 11.5 Å². The van der Waals surface area contributed by atoms with E-state index in [1.54, 1.807) is 24.3 Å². The molecule has 2 rings (SSSR count). The SMILES string of the molecule is Cc1ccc(OCc2cccc([N+](=O)[O-])c2Br)c(CO)n1. The van der Waals surface area contributed by atoms with Gasteiger partial charge in [0.25, 0.3) is 5.69 Å². The van der Waals surface area contributed by atoms with E-state index in [2.05, 4.69) is 20.9 Å². The summed E-state index contributed by atoms with van der Waals surface area (Å²) >= 11 is 3.22. The highest BCUT2D eigenvalue weighted by Crippen LogP contribution is 2.29. The summed E-state index contributed by atoms with van der Waals surface area (Å²) in [5.41, 5.74) is 1.86. The Morgan fingerprint density at radius 1 is 1.38 bits per heavy atom. The van der Waals surface area contributed by atoms with E-state index in [9.17, 15) is 15.2 Å². The molecule has 2 aromatic rings. The maximum Gasteiger partial charge on any atom is 0.283 e. The van der Waals surface area contributed by atoms with Gasteiger partial charge in [0.2, 0.25) is 0 Å². The van der Waals surface area contributed by atoms with Gasteiger partial charge < -0.3 is 9.84 Å². The smallest absolute Gasteiger partial charge is 0.283 e. The molecule has 21 heavy (non-hydrogen) atoms. The van der Waals surface area contributed by atoms with Gasteiger partial charge in [-0.2, -0.15) is 0 Å². The minimum atomic E-state index is -0.458. The molecule has 0 amide bonds. The molecule has 0 aliphatic rings. The van der Waals surface area contributed by atoms with Gasteiger partial charge in [-0.25, -0.2) is 0 Å². The molecule has 0 saturated heterocycles. The summed E-state index contributed by atoms with van der Waals surface area (Å²) in [6, 6.07) is 8.25. The number of hydrogen-bond acceptors (Lipinski definition) is 5. The second kappa shape index (κ2) is 6.64. The van der Waals surface area contributed by atoms with E-state index in [-0.39, 0.29) is 18.9 Å². The summed E-state index contributed by atoms with van der Waals surface area (Å²) in [5, 5.41) is 20.1. The summed E-state index contributed by atoms with van der Waals surface area (Å²) in [6.07, 6.45) is 0. The molecule has 0 aliphatic heterocycles. The first-order chi connectivity index (χ1) is 10.0. The molecular formula is C14H13BrN2O4. The van der Waals surface area contributed by atoms with Crippen molar-refractivity contribution in [2.45, 2.75) is 20.1 Å². The Hall–Kier alpha value is -1.99. The van der Waals surface area contributed by atoms with Crippen molar-refractivity contribution >= 4 is 21.6 Å². The number of hydrogen-bond donors (Lipinski definition) is 1. The van der Waals surface area contributed by atoms with E-state index < -0.39 is 4.92 Å². The van der Waals surface area contributed by atoms with Crippen LogP contribution in [-0.2, 0) is 13.2 Å². The molecular weight excluding hydrogens is 340 g/mol. The van der Waals surface area contributed by atoms with Crippen molar-refractivity contribution in [1.29, 1.82) is 0 Å². The first-order valence-electron chi connectivity index (χ1n) is 6.15. The lowest BCUT2D eigenvalue weighted by Crippen LogP contribution is -2.03. The molecule has 0 saturated carbocycles. The Kier molecular flexibility index (Phi) is 4.87. The molecule has 0 fully saturated rings. The van der Waals surface area contributed by atoms with Crippen LogP contribution in [0.3, 0.4) is 0 Å². The number of aliphatic hydroxyl groups is 1. The molecule has 1 aromatic heterocycles. The Morgan fingerprint density at radius 2 is 2.14 bits per heavy atom. The number of nitrogens with zero attached hydrogens (tertiary/aromatic N) is 2. The van der Waals surface area contributed by atoms with Crippen LogP contribution in [0.4, 0.5) is 5.69 Å². The van der Waals surface area contributed by atoms with Gasteiger partial charge in [0, 0.05) is 17.3 Å². The molecule has 0 atom stereocenters. The van der Waals surface area contributed by atoms with Crippen LogP contribution in [-0.4, -0.2) is 15.0 Å². The number of aryl methyl sites for hydroxylation is 1. The van der Waals surface area contributed by atoms with Crippen LogP contribution < -0.4 is 4.74 Å². The minimum absolute atomic E-state index is 0.0134. The average molecular weight is 353 g/mol. The highest BCUT2D eigenvalue weighted by molar-refractivity contribution is 9.10. The number of aliphatic hydroxyl groups excluding tert-OH is 1. The number of benzene rings is 1. The van der Waals surface area contributed by atoms with Gasteiger partial charge in [-0.15, -0.1) is 0 Å². The topological polar surface area (TPSA) is 85.5 Å². The Labute approximate surface area is 129 Å². The van der Waals surface area contributed by atoms with Crippen molar-refractivity contribution in [2.24, 2.45) is 0 Å². The monoisotopic (exact) mass is 352 g/mol. The summed E-state index contributed by atoms with van der Waals surface area (Å²) in [5.74, 6) is 0.460. The van der Waals surface area contributed by atoms with Crippen LogP contribution in [0.25, 0.3) is 0 Å². The molecule has 0 unspecified atom stereocenters.